The van der Waals surface area contributed by atoms with Crippen LogP contribution in [0.4, 0.5) is 14.6 Å². The van der Waals surface area contributed by atoms with Gasteiger partial charge in [0.2, 0.25) is 0 Å². The molecule has 144 valence electrons. The van der Waals surface area contributed by atoms with Crippen molar-refractivity contribution in [3.05, 3.63) is 53.7 Å². The fourth-order valence-electron chi connectivity index (χ4n) is 3.13. The first-order valence-corrected chi connectivity index (χ1v) is 9.00. The number of benzene rings is 1. The molecule has 27 heavy (non-hydrogen) atoms. The third-order valence-electron chi connectivity index (χ3n) is 4.52. The number of piperidine rings is 1. The van der Waals surface area contributed by atoms with Gasteiger partial charge in [-0.3, -0.25) is 0 Å². The summed E-state index contributed by atoms with van der Waals surface area (Å²) < 4.78 is 34.4. The van der Waals surface area contributed by atoms with Gasteiger partial charge in [0.25, 0.3) is 0 Å². The van der Waals surface area contributed by atoms with Crippen molar-refractivity contribution in [2.24, 2.45) is 0 Å². The summed E-state index contributed by atoms with van der Waals surface area (Å²) >= 11 is 0. The Bertz CT molecular complexity index is 762. The average molecular weight is 376 g/mol. The van der Waals surface area contributed by atoms with Crippen molar-refractivity contribution in [3.63, 3.8) is 0 Å². The first-order valence-electron chi connectivity index (χ1n) is 9.00. The van der Waals surface area contributed by atoms with Gasteiger partial charge in [0.15, 0.2) is 0 Å². The predicted molar refractivity (Wildman–Crippen MR) is 97.2 cm³/mol. The van der Waals surface area contributed by atoms with Crippen molar-refractivity contribution in [3.8, 4) is 5.75 Å². The van der Waals surface area contributed by atoms with Gasteiger partial charge in [0, 0.05) is 19.3 Å². The molecule has 2 heterocycles. The second kappa shape index (κ2) is 8.79. The summed E-state index contributed by atoms with van der Waals surface area (Å²) in [7, 11) is 0. The summed E-state index contributed by atoms with van der Waals surface area (Å²) in [4.78, 5) is 19.2. The molecule has 5 nitrogen and oxygen atoms in total. The van der Waals surface area contributed by atoms with Crippen LogP contribution in [0.25, 0.3) is 0 Å². The highest BCUT2D eigenvalue weighted by Crippen LogP contribution is 2.26. The van der Waals surface area contributed by atoms with E-state index in [1.54, 1.807) is 37.4 Å². The molecule has 0 radical (unpaired) electrons. The molecule has 7 heteroatoms. The van der Waals surface area contributed by atoms with Crippen LogP contribution in [0.3, 0.4) is 0 Å². The number of ether oxygens (including phenoxy) is 2. The zero-order valence-electron chi connectivity index (χ0n) is 15.1. The van der Waals surface area contributed by atoms with Crippen LogP contribution in [0.5, 0.6) is 5.75 Å². The number of esters is 1. The summed E-state index contributed by atoms with van der Waals surface area (Å²) in [6, 6.07) is 9.48. The molecule has 0 amide bonds. The number of anilines is 1. The first-order chi connectivity index (χ1) is 13.0. The fourth-order valence-corrected chi connectivity index (χ4v) is 3.13. The number of aromatic nitrogens is 1. The van der Waals surface area contributed by atoms with E-state index in [9.17, 15) is 13.6 Å². The van der Waals surface area contributed by atoms with Gasteiger partial charge in [-0.2, -0.15) is 8.78 Å². The number of carbonyl (C=O) groups excluding carboxylic acids is 1. The molecule has 0 saturated carbocycles. The highest BCUT2D eigenvalue weighted by Gasteiger charge is 2.22. The maximum atomic E-state index is 12.7. The van der Waals surface area contributed by atoms with Crippen LogP contribution in [0.15, 0.2) is 42.6 Å². The minimum absolute atomic E-state index is 0.0620. The van der Waals surface area contributed by atoms with Crippen molar-refractivity contribution in [1.29, 1.82) is 0 Å². The first kappa shape index (κ1) is 19.1. The number of carbonyl (C=O) groups is 1. The summed E-state index contributed by atoms with van der Waals surface area (Å²) in [5.74, 6) is 0.256. The molecule has 1 unspecified atom stereocenters. The topological polar surface area (TPSA) is 51.7 Å². The lowest BCUT2D eigenvalue weighted by molar-refractivity contribution is -0.0498. The van der Waals surface area contributed by atoms with Crippen LogP contribution in [-0.2, 0) is 4.74 Å². The molecule has 0 aliphatic carbocycles. The molecule has 1 aliphatic heterocycles. The minimum Gasteiger partial charge on any atom is -0.454 e. The van der Waals surface area contributed by atoms with Crippen molar-refractivity contribution >= 4 is 11.8 Å². The third kappa shape index (κ3) is 4.93. The lowest BCUT2D eigenvalue weighted by atomic mass is 10.1. The third-order valence-corrected chi connectivity index (χ3v) is 4.52. The van der Waals surface area contributed by atoms with E-state index in [4.69, 9.17) is 4.74 Å². The summed E-state index contributed by atoms with van der Waals surface area (Å²) in [6.45, 7) is 0.610. The molecule has 0 N–H and O–H groups in total. The molecular weight excluding hydrogens is 354 g/mol. The van der Waals surface area contributed by atoms with E-state index in [-0.39, 0.29) is 5.75 Å². The monoisotopic (exact) mass is 376 g/mol. The van der Waals surface area contributed by atoms with Crippen molar-refractivity contribution in [2.45, 2.75) is 38.9 Å². The van der Waals surface area contributed by atoms with E-state index in [1.807, 2.05) is 0 Å². The van der Waals surface area contributed by atoms with Crippen molar-refractivity contribution in [2.75, 3.05) is 18.0 Å². The number of hydrogen-bond donors (Lipinski definition) is 0. The number of pyridine rings is 1. The Labute approximate surface area is 156 Å². The largest absolute Gasteiger partial charge is 0.454 e. The van der Waals surface area contributed by atoms with E-state index in [1.165, 1.54) is 18.6 Å². The van der Waals surface area contributed by atoms with E-state index >= 15 is 0 Å². The maximum absolute atomic E-state index is 12.7. The average Bonchev–Trinajstić information content (AvgIpc) is 2.68. The molecule has 0 spiro atoms. The van der Waals surface area contributed by atoms with Gasteiger partial charge in [0.1, 0.15) is 23.2 Å². The number of nitrogens with zero attached hydrogens (tertiary/aromatic N) is 2. The predicted octanol–water partition coefficient (Wildman–Crippen LogP) is 4.59. The number of halogens is 2. The summed E-state index contributed by atoms with van der Waals surface area (Å²) in [6.07, 6.45) is 4.48. The Hall–Kier alpha value is -2.70. The van der Waals surface area contributed by atoms with Crippen LogP contribution in [-0.4, -0.2) is 30.7 Å². The second-order valence-corrected chi connectivity index (χ2v) is 6.42. The Morgan fingerprint density at radius 3 is 2.48 bits per heavy atom. The van der Waals surface area contributed by atoms with E-state index in [2.05, 4.69) is 14.6 Å². The van der Waals surface area contributed by atoms with Gasteiger partial charge >= 0.3 is 12.6 Å². The Morgan fingerprint density at radius 2 is 1.81 bits per heavy atom. The van der Waals surface area contributed by atoms with E-state index in [0.29, 0.717) is 16.9 Å². The molecule has 0 bridgehead atoms. The molecular formula is C20H22F2N2O3. The van der Waals surface area contributed by atoms with Crippen LogP contribution in [0.1, 0.15) is 48.2 Å². The number of alkyl halides is 2. The Balaban J connectivity index is 1.69. The highest BCUT2D eigenvalue weighted by atomic mass is 19.3. The SMILES string of the molecule is CC(OC(=O)c1cccnc1N1CCCCC1)c1ccc(OC(F)F)cc1. The van der Waals surface area contributed by atoms with E-state index in [0.717, 1.165) is 25.9 Å². The molecule has 2 aromatic rings. The van der Waals surface area contributed by atoms with Crippen LogP contribution in [0.2, 0.25) is 0 Å². The molecule has 3 rings (SSSR count). The quantitative estimate of drug-likeness (QED) is 0.690. The van der Waals surface area contributed by atoms with Gasteiger partial charge in [-0.15, -0.1) is 0 Å². The van der Waals surface area contributed by atoms with Gasteiger partial charge in [-0.25, -0.2) is 9.78 Å². The molecule has 1 atom stereocenters. The summed E-state index contributed by atoms with van der Waals surface area (Å²) in [5.41, 5.74) is 1.12. The molecule has 1 aliphatic rings. The smallest absolute Gasteiger partial charge is 0.387 e. The van der Waals surface area contributed by atoms with Crippen molar-refractivity contribution < 1.29 is 23.0 Å². The lowest BCUT2D eigenvalue weighted by Gasteiger charge is -2.29. The number of hydrogen-bond acceptors (Lipinski definition) is 5. The van der Waals surface area contributed by atoms with Crippen LogP contribution >= 0.6 is 0 Å². The van der Waals surface area contributed by atoms with Gasteiger partial charge in [0.05, 0.1) is 0 Å². The minimum atomic E-state index is -2.87. The van der Waals surface area contributed by atoms with Gasteiger partial charge in [-0.05, 0) is 56.0 Å². The maximum Gasteiger partial charge on any atom is 0.387 e. The van der Waals surface area contributed by atoms with Crippen molar-refractivity contribution in [1.82, 2.24) is 4.98 Å². The zero-order chi connectivity index (χ0) is 19.2. The Morgan fingerprint density at radius 1 is 1.11 bits per heavy atom. The number of rotatable bonds is 6. The fraction of sp³-hybridized carbons (Fsp3) is 0.400. The zero-order valence-corrected chi connectivity index (χ0v) is 15.1. The van der Waals surface area contributed by atoms with Gasteiger partial charge < -0.3 is 14.4 Å². The lowest BCUT2D eigenvalue weighted by Crippen LogP contribution is -2.31. The molecule has 1 saturated heterocycles. The van der Waals surface area contributed by atoms with E-state index < -0.39 is 18.7 Å². The normalized spacial score (nSPS) is 15.5. The molecule has 1 aromatic heterocycles. The second-order valence-electron chi connectivity index (χ2n) is 6.42. The standard InChI is InChI=1S/C20H22F2N2O3/c1-14(15-7-9-16(10-8-15)27-20(21)22)26-19(25)17-6-5-11-23-18(17)24-12-3-2-4-13-24/h5-11,14,20H,2-4,12-13H2,1H3. The highest BCUT2D eigenvalue weighted by molar-refractivity contribution is 5.95. The Kier molecular flexibility index (Phi) is 6.21. The van der Waals surface area contributed by atoms with Crippen LogP contribution < -0.4 is 9.64 Å². The molecule has 1 aromatic carbocycles. The van der Waals surface area contributed by atoms with Crippen LogP contribution in [0, 0.1) is 0 Å². The summed E-state index contributed by atoms with van der Waals surface area (Å²) in [5, 5.41) is 0. The van der Waals surface area contributed by atoms with Gasteiger partial charge in [-0.1, -0.05) is 12.1 Å². The molecule has 1 fully saturated rings.